The van der Waals surface area contributed by atoms with E-state index >= 15 is 0 Å². The highest BCUT2D eigenvalue weighted by atomic mass is 32.1. The van der Waals surface area contributed by atoms with E-state index in [2.05, 4.69) is 43.1 Å². The van der Waals surface area contributed by atoms with E-state index in [1.54, 1.807) is 0 Å². The zero-order valence-corrected chi connectivity index (χ0v) is 10.9. The predicted octanol–water partition coefficient (Wildman–Crippen LogP) is 2.97. The van der Waals surface area contributed by atoms with E-state index in [0.717, 1.165) is 16.1 Å². The van der Waals surface area contributed by atoms with Crippen LogP contribution in [0.3, 0.4) is 0 Å². The van der Waals surface area contributed by atoms with Gasteiger partial charge in [0, 0.05) is 17.0 Å². The van der Waals surface area contributed by atoms with Crippen LogP contribution in [0.2, 0.25) is 0 Å². The predicted molar refractivity (Wildman–Crippen MR) is 73.9 cm³/mol. The molecule has 0 unspecified atom stereocenters. The fourth-order valence-corrected chi connectivity index (χ4v) is 2.49. The van der Waals surface area contributed by atoms with Gasteiger partial charge in [-0.1, -0.05) is 38.1 Å². The van der Waals surface area contributed by atoms with Crippen molar-refractivity contribution in [3.05, 3.63) is 34.7 Å². The van der Waals surface area contributed by atoms with Gasteiger partial charge in [0.15, 0.2) is 5.13 Å². The SMILES string of the molecule is CC(C)c1ccc(-c2nc(N)sc2CN)cc1. The van der Waals surface area contributed by atoms with E-state index in [1.807, 2.05) is 0 Å². The van der Waals surface area contributed by atoms with Crippen molar-refractivity contribution in [1.82, 2.24) is 4.98 Å². The van der Waals surface area contributed by atoms with Crippen molar-refractivity contribution in [3.63, 3.8) is 0 Å². The molecule has 0 bridgehead atoms. The van der Waals surface area contributed by atoms with Crippen LogP contribution in [0.15, 0.2) is 24.3 Å². The third kappa shape index (κ3) is 2.48. The highest BCUT2D eigenvalue weighted by molar-refractivity contribution is 7.15. The zero-order valence-electron chi connectivity index (χ0n) is 10.1. The van der Waals surface area contributed by atoms with Crippen LogP contribution in [0.4, 0.5) is 5.13 Å². The quantitative estimate of drug-likeness (QED) is 0.876. The second-order valence-corrected chi connectivity index (χ2v) is 5.42. The first-order chi connectivity index (χ1) is 8.11. The number of thiazole rings is 1. The Balaban J connectivity index is 2.39. The van der Waals surface area contributed by atoms with E-state index in [0.29, 0.717) is 17.6 Å². The molecule has 0 amide bonds. The number of nitrogen functional groups attached to an aromatic ring is 1. The number of hydrogen-bond acceptors (Lipinski definition) is 4. The Kier molecular flexibility index (Phi) is 3.45. The molecule has 0 atom stereocenters. The first-order valence-corrected chi connectivity index (χ1v) is 6.49. The summed E-state index contributed by atoms with van der Waals surface area (Å²) >= 11 is 1.46. The van der Waals surface area contributed by atoms with Crippen LogP contribution in [-0.4, -0.2) is 4.98 Å². The molecular weight excluding hydrogens is 230 g/mol. The Morgan fingerprint density at radius 2 is 1.88 bits per heavy atom. The Labute approximate surface area is 105 Å². The number of benzene rings is 1. The van der Waals surface area contributed by atoms with Gasteiger partial charge in [-0.15, -0.1) is 11.3 Å². The molecule has 0 fully saturated rings. The van der Waals surface area contributed by atoms with Crippen LogP contribution < -0.4 is 11.5 Å². The Bertz CT molecular complexity index is 500. The minimum atomic E-state index is 0.482. The van der Waals surface area contributed by atoms with Gasteiger partial charge in [-0.3, -0.25) is 0 Å². The summed E-state index contributed by atoms with van der Waals surface area (Å²) in [6.07, 6.45) is 0. The Hall–Kier alpha value is -1.39. The molecule has 3 nitrogen and oxygen atoms in total. The molecule has 4 N–H and O–H groups in total. The first kappa shape index (κ1) is 12.1. The van der Waals surface area contributed by atoms with Crippen molar-refractivity contribution in [1.29, 1.82) is 0 Å². The van der Waals surface area contributed by atoms with E-state index in [9.17, 15) is 0 Å². The topological polar surface area (TPSA) is 64.9 Å². The molecule has 1 aromatic carbocycles. The van der Waals surface area contributed by atoms with Gasteiger partial charge in [0.25, 0.3) is 0 Å². The summed E-state index contributed by atoms with van der Waals surface area (Å²) in [5.41, 5.74) is 14.7. The average molecular weight is 247 g/mol. The van der Waals surface area contributed by atoms with E-state index in [4.69, 9.17) is 11.5 Å². The number of nitrogens with two attached hydrogens (primary N) is 2. The summed E-state index contributed by atoms with van der Waals surface area (Å²) in [4.78, 5) is 5.38. The number of nitrogens with zero attached hydrogens (tertiary/aromatic N) is 1. The maximum atomic E-state index is 5.72. The van der Waals surface area contributed by atoms with Crippen LogP contribution >= 0.6 is 11.3 Å². The van der Waals surface area contributed by atoms with Crippen LogP contribution in [0.5, 0.6) is 0 Å². The van der Waals surface area contributed by atoms with Gasteiger partial charge in [-0.05, 0) is 11.5 Å². The van der Waals surface area contributed by atoms with E-state index < -0.39 is 0 Å². The molecule has 0 spiro atoms. The van der Waals surface area contributed by atoms with Gasteiger partial charge < -0.3 is 11.5 Å². The number of anilines is 1. The minimum Gasteiger partial charge on any atom is -0.375 e. The number of hydrogen-bond donors (Lipinski definition) is 2. The smallest absolute Gasteiger partial charge is 0.180 e. The van der Waals surface area contributed by atoms with Crippen molar-refractivity contribution in [2.45, 2.75) is 26.3 Å². The summed E-state index contributed by atoms with van der Waals surface area (Å²) in [5, 5.41) is 0.577. The lowest BCUT2D eigenvalue weighted by molar-refractivity contribution is 0.867. The van der Waals surface area contributed by atoms with Crippen LogP contribution in [0, 0.1) is 0 Å². The maximum Gasteiger partial charge on any atom is 0.180 e. The monoisotopic (exact) mass is 247 g/mol. The second kappa shape index (κ2) is 4.85. The molecule has 0 aliphatic rings. The van der Waals surface area contributed by atoms with Gasteiger partial charge >= 0.3 is 0 Å². The summed E-state index contributed by atoms with van der Waals surface area (Å²) in [7, 11) is 0. The first-order valence-electron chi connectivity index (χ1n) is 5.67. The lowest BCUT2D eigenvalue weighted by atomic mass is 10.0. The highest BCUT2D eigenvalue weighted by Crippen LogP contribution is 2.30. The largest absolute Gasteiger partial charge is 0.375 e. The Morgan fingerprint density at radius 3 is 2.41 bits per heavy atom. The fourth-order valence-electron chi connectivity index (χ4n) is 1.76. The molecule has 90 valence electrons. The van der Waals surface area contributed by atoms with Gasteiger partial charge in [0.2, 0.25) is 0 Å². The molecule has 0 saturated carbocycles. The van der Waals surface area contributed by atoms with E-state index in [-0.39, 0.29) is 0 Å². The van der Waals surface area contributed by atoms with Crippen molar-refractivity contribution >= 4 is 16.5 Å². The van der Waals surface area contributed by atoms with Crippen molar-refractivity contribution in [2.75, 3.05) is 5.73 Å². The summed E-state index contributed by atoms with van der Waals surface area (Å²) in [5.74, 6) is 0.540. The number of aromatic nitrogens is 1. The Morgan fingerprint density at radius 1 is 1.24 bits per heavy atom. The highest BCUT2D eigenvalue weighted by Gasteiger charge is 2.10. The lowest BCUT2D eigenvalue weighted by Crippen LogP contribution is -1.96. The molecular formula is C13H17N3S. The van der Waals surface area contributed by atoms with Gasteiger partial charge in [-0.25, -0.2) is 4.98 Å². The summed E-state index contributed by atoms with van der Waals surface area (Å²) < 4.78 is 0. The molecule has 17 heavy (non-hydrogen) atoms. The third-order valence-corrected chi connectivity index (χ3v) is 3.66. The summed E-state index contributed by atoms with van der Waals surface area (Å²) in [6.45, 7) is 4.85. The molecule has 1 heterocycles. The van der Waals surface area contributed by atoms with Crippen LogP contribution in [0.25, 0.3) is 11.3 Å². The molecule has 0 saturated heterocycles. The molecule has 2 rings (SSSR count). The molecule has 2 aromatic rings. The lowest BCUT2D eigenvalue weighted by Gasteiger charge is -2.06. The maximum absolute atomic E-state index is 5.72. The van der Waals surface area contributed by atoms with E-state index in [1.165, 1.54) is 16.9 Å². The minimum absolute atomic E-state index is 0.482. The van der Waals surface area contributed by atoms with Crippen molar-refractivity contribution in [3.8, 4) is 11.3 Å². The third-order valence-electron chi connectivity index (χ3n) is 2.75. The van der Waals surface area contributed by atoms with Gasteiger partial charge in [0.1, 0.15) is 0 Å². The average Bonchev–Trinajstić information content (AvgIpc) is 2.70. The molecule has 1 aromatic heterocycles. The molecule has 0 radical (unpaired) electrons. The summed E-state index contributed by atoms with van der Waals surface area (Å²) in [6, 6.07) is 8.44. The molecule has 4 heteroatoms. The molecule has 0 aliphatic carbocycles. The van der Waals surface area contributed by atoms with Crippen molar-refractivity contribution in [2.24, 2.45) is 5.73 Å². The normalized spacial score (nSPS) is 11.1. The van der Waals surface area contributed by atoms with Crippen molar-refractivity contribution < 1.29 is 0 Å². The molecule has 0 aliphatic heterocycles. The van der Waals surface area contributed by atoms with Gasteiger partial charge in [0.05, 0.1) is 5.69 Å². The standard InChI is InChI=1S/C13H17N3S/c1-8(2)9-3-5-10(6-4-9)12-11(7-14)17-13(15)16-12/h3-6,8H,7,14H2,1-2H3,(H2,15,16). The van der Waals surface area contributed by atoms with Crippen LogP contribution in [0.1, 0.15) is 30.2 Å². The van der Waals surface area contributed by atoms with Gasteiger partial charge in [-0.2, -0.15) is 0 Å². The number of rotatable bonds is 3. The zero-order chi connectivity index (χ0) is 12.4. The fraction of sp³-hybridized carbons (Fsp3) is 0.308. The van der Waals surface area contributed by atoms with Crippen LogP contribution in [-0.2, 0) is 6.54 Å². The second-order valence-electron chi connectivity index (χ2n) is 4.30.